The average Bonchev–Trinajstić information content (AvgIpc) is 3.43. The number of ether oxygens (including phenoxy) is 3. The summed E-state index contributed by atoms with van der Waals surface area (Å²) in [7, 11) is 0. The van der Waals surface area contributed by atoms with Gasteiger partial charge in [-0.05, 0) is 25.2 Å². The van der Waals surface area contributed by atoms with Gasteiger partial charge in [0.25, 0.3) is 0 Å². The summed E-state index contributed by atoms with van der Waals surface area (Å²) in [5.41, 5.74) is 0.246. The molecule has 1 N–H and O–H groups in total. The van der Waals surface area contributed by atoms with Crippen molar-refractivity contribution in [1.29, 1.82) is 0 Å². The molecule has 7 nitrogen and oxygen atoms in total. The van der Waals surface area contributed by atoms with Crippen molar-refractivity contribution in [3.05, 3.63) is 37.5 Å². The Hall–Kier alpha value is -2.25. The first kappa shape index (κ1) is 21.8. The molecule has 0 radical (unpaired) electrons. The Morgan fingerprint density at radius 1 is 1.12 bits per heavy atom. The summed E-state index contributed by atoms with van der Waals surface area (Å²) in [6.07, 6.45) is 4.75. The summed E-state index contributed by atoms with van der Waals surface area (Å²) in [6, 6.07) is 0. The standard InChI is InChI=1S/C19H26O7/c1-4-16(20)25-18(22)10-8-6-7-9-14(11-15-12-24-15)13(3)19(23)26-17(21)5-2/h4-5,14-15,18,22H,1-3,6-12H2. The summed E-state index contributed by atoms with van der Waals surface area (Å²) < 4.78 is 14.5. The quantitative estimate of drug-likeness (QED) is 0.133. The molecule has 3 unspecified atom stereocenters. The van der Waals surface area contributed by atoms with Crippen LogP contribution in [0.3, 0.4) is 0 Å². The van der Waals surface area contributed by atoms with Crippen LogP contribution in [-0.2, 0) is 28.6 Å². The second-order valence-corrected chi connectivity index (χ2v) is 6.06. The number of rotatable bonds is 13. The van der Waals surface area contributed by atoms with E-state index in [9.17, 15) is 19.5 Å². The third-order valence-electron chi connectivity index (χ3n) is 3.99. The number of hydrogen-bond acceptors (Lipinski definition) is 7. The van der Waals surface area contributed by atoms with E-state index in [0.717, 1.165) is 25.0 Å². The van der Waals surface area contributed by atoms with E-state index in [1.807, 2.05) is 0 Å². The lowest BCUT2D eigenvalue weighted by atomic mass is 9.89. The molecule has 0 aromatic carbocycles. The fourth-order valence-corrected chi connectivity index (χ4v) is 2.45. The molecule has 0 saturated carbocycles. The second kappa shape index (κ2) is 11.4. The smallest absolute Gasteiger partial charge is 0.341 e. The molecule has 1 aliphatic rings. The first-order valence-corrected chi connectivity index (χ1v) is 8.57. The highest BCUT2D eigenvalue weighted by Gasteiger charge is 2.30. The predicted octanol–water partition coefficient (Wildman–Crippen LogP) is 2.20. The van der Waals surface area contributed by atoms with Crippen LogP contribution in [0.2, 0.25) is 0 Å². The van der Waals surface area contributed by atoms with Crippen molar-refractivity contribution in [1.82, 2.24) is 0 Å². The molecule has 1 aliphatic heterocycles. The van der Waals surface area contributed by atoms with Crippen molar-refractivity contribution < 1.29 is 33.7 Å². The molecule has 0 aliphatic carbocycles. The van der Waals surface area contributed by atoms with E-state index in [2.05, 4.69) is 29.2 Å². The van der Waals surface area contributed by atoms with Gasteiger partial charge in [-0.3, -0.25) is 0 Å². The summed E-state index contributed by atoms with van der Waals surface area (Å²) in [6.45, 7) is 10.9. The minimum absolute atomic E-state index is 0.111. The number of esters is 3. The molecule has 3 atom stereocenters. The molecule has 0 amide bonds. The van der Waals surface area contributed by atoms with E-state index < -0.39 is 24.2 Å². The van der Waals surface area contributed by atoms with Gasteiger partial charge < -0.3 is 19.3 Å². The largest absolute Gasteiger partial charge is 0.433 e. The molecule has 144 valence electrons. The first-order valence-electron chi connectivity index (χ1n) is 8.57. The van der Waals surface area contributed by atoms with Crippen LogP contribution >= 0.6 is 0 Å². The molecule has 0 aromatic heterocycles. The minimum Gasteiger partial charge on any atom is -0.433 e. The van der Waals surface area contributed by atoms with Crippen molar-refractivity contribution in [3.63, 3.8) is 0 Å². The maximum absolute atomic E-state index is 11.9. The van der Waals surface area contributed by atoms with Gasteiger partial charge in [-0.15, -0.1) is 0 Å². The number of aliphatic hydroxyl groups is 1. The van der Waals surface area contributed by atoms with Crippen LogP contribution in [0.4, 0.5) is 0 Å². The number of carbonyl (C=O) groups excluding carboxylic acids is 3. The first-order chi connectivity index (χ1) is 12.4. The van der Waals surface area contributed by atoms with Crippen LogP contribution in [0.1, 0.15) is 38.5 Å². The van der Waals surface area contributed by atoms with Gasteiger partial charge >= 0.3 is 17.9 Å². The van der Waals surface area contributed by atoms with Crippen LogP contribution in [-0.4, -0.2) is 42.0 Å². The van der Waals surface area contributed by atoms with Gasteiger partial charge in [0, 0.05) is 24.1 Å². The summed E-state index contributed by atoms with van der Waals surface area (Å²) >= 11 is 0. The Balaban J connectivity index is 2.35. The van der Waals surface area contributed by atoms with Gasteiger partial charge in [0.1, 0.15) is 0 Å². The van der Waals surface area contributed by atoms with Gasteiger partial charge in [0.2, 0.25) is 6.29 Å². The highest BCUT2D eigenvalue weighted by atomic mass is 16.6. The molecule has 0 spiro atoms. The third-order valence-corrected chi connectivity index (χ3v) is 3.99. The van der Waals surface area contributed by atoms with E-state index in [4.69, 9.17) is 4.74 Å². The number of unbranched alkanes of at least 4 members (excludes halogenated alkanes) is 2. The van der Waals surface area contributed by atoms with Crippen molar-refractivity contribution in [2.45, 2.75) is 50.9 Å². The van der Waals surface area contributed by atoms with Crippen LogP contribution in [0.25, 0.3) is 0 Å². The molecule has 0 aromatic rings. The topological polar surface area (TPSA) is 102 Å². The fourth-order valence-electron chi connectivity index (χ4n) is 2.45. The highest BCUT2D eigenvalue weighted by molar-refractivity contribution is 5.99. The van der Waals surface area contributed by atoms with E-state index in [0.29, 0.717) is 32.3 Å². The van der Waals surface area contributed by atoms with Gasteiger partial charge in [-0.1, -0.05) is 32.6 Å². The molecule has 26 heavy (non-hydrogen) atoms. The lowest BCUT2D eigenvalue weighted by Crippen LogP contribution is -2.19. The second-order valence-electron chi connectivity index (χ2n) is 6.06. The summed E-state index contributed by atoms with van der Waals surface area (Å²) in [5, 5.41) is 9.53. The van der Waals surface area contributed by atoms with Gasteiger partial charge in [-0.25, -0.2) is 14.4 Å². The Kier molecular flexibility index (Phi) is 9.54. The zero-order valence-corrected chi connectivity index (χ0v) is 14.9. The normalized spacial score (nSPS) is 17.5. The SMILES string of the molecule is C=CC(=O)OC(=O)C(=C)C(CCCCCC(O)OC(=O)C=C)CC1CO1. The van der Waals surface area contributed by atoms with Crippen molar-refractivity contribution in [2.75, 3.05) is 6.61 Å². The zero-order valence-electron chi connectivity index (χ0n) is 14.9. The Morgan fingerprint density at radius 2 is 1.73 bits per heavy atom. The maximum Gasteiger partial charge on any atom is 0.341 e. The molecule has 1 fully saturated rings. The van der Waals surface area contributed by atoms with Crippen LogP contribution in [0, 0.1) is 5.92 Å². The summed E-state index contributed by atoms with van der Waals surface area (Å²) in [4.78, 5) is 34.0. The monoisotopic (exact) mass is 366 g/mol. The van der Waals surface area contributed by atoms with E-state index >= 15 is 0 Å². The Bertz CT molecular complexity index is 548. The van der Waals surface area contributed by atoms with Crippen molar-refractivity contribution in [3.8, 4) is 0 Å². The molecular formula is C19H26O7. The Labute approximate surface area is 153 Å². The molecule has 1 saturated heterocycles. The zero-order chi connectivity index (χ0) is 19.5. The van der Waals surface area contributed by atoms with Crippen molar-refractivity contribution >= 4 is 17.9 Å². The lowest BCUT2D eigenvalue weighted by molar-refractivity contribution is -0.162. The molecule has 7 heteroatoms. The van der Waals surface area contributed by atoms with Crippen LogP contribution in [0.15, 0.2) is 37.5 Å². The number of hydrogen-bond donors (Lipinski definition) is 1. The van der Waals surface area contributed by atoms with Crippen LogP contribution in [0.5, 0.6) is 0 Å². The van der Waals surface area contributed by atoms with E-state index in [1.165, 1.54) is 0 Å². The summed E-state index contributed by atoms with van der Waals surface area (Å²) in [5.74, 6) is -2.35. The molecule has 1 heterocycles. The number of epoxide rings is 1. The van der Waals surface area contributed by atoms with E-state index in [-0.39, 0.29) is 17.6 Å². The maximum atomic E-state index is 11.9. The molecule has 1 rings (SSSR count). The fraction of sp³-hybridized carbons (Fsp3) is 0.526. The van der Waals surface area contributed by atoms with Gasteiger partial charge in [0.15, 0.2) is 0 Å². The predicted molar refractivity (Wildman–Crippen MR) is 93.7 cm³/mol. The van der Waals surface area contributed by atoms with Gasteiger partial charge in [-0.2, -0.15) is 0 Å². The minimum atomic E-state index is -1.15. The highest BCUT2D eigenvalue weighted by Crippen LogP contribution is 2.29. The van der Waals surface area contributed by atoms with Crippen molar-refractivity contribution in [2.24, 2.45) is 5.92 Å². The van der Waals surface area contributed by atoms with E-state index in [1.54, 1.807) is 0 Å². The molecule has 0 bridgehead atoms. The number of aliphatic hydroxyl groups excluding tert-OH is 1. The molecular weight excluding hydrogens is 340 g/mol. The average molecular weight is 366 g/mol. The number of carbonyl (C=O) groups is 3. The lowest BCUT2D eigenvalue weighted by Gasteiger charge is -2.17. The Morgan fingerprint density at radius 3 is 2.31 bits per heavy atom. The van der Waals surface area contributed by atoms with Crippen LogP contribution < -0.4 is 0 Å². The van der Waals surface area contributed by atoms with Gasteiger partial charge in [0.05, 0.1) is 12.7 Å². The third kappa shape index (κ3) is 8.73.